The topological polar surface area (TPSA) is 33.1 Å². The van der Waals surface area contributed by atoms with Crippen LogP contribution in [0.25, 0.3) is 17.0 Å². The Labute approximate surface area is 172 Å². The van der Waals surface area contributed by atoms with E-state index in [-0.39, 0.29) is 6.04 Å². The fourth-order valence-electron chi connectivity index (χ4n) is 3.22. The second kappa shape index (κ2) is 7.74. The Morgan fingerprint density at radius 3 is 2.47 bits per heavy atom. The predicted molar refractivity (Wildman–Crippen MR) is 112 cm³/mol. The van der Waals surface area contributed by atoms with Crippen molar-refractivity contribution >= 4 is 11.4 Å². The van der Waals surface area contributed by atoms with E-state index in [0.717, 1.165) is 34.7 Å². The van der Waals surface area contributed by atoms with Crippen molar-refractivity contribution < 1.29 is 13.2 Å². The molecule has 4 nitrogen and oxygen atoms in total. The van der Waals surface area contributed by atoms with E-state index in [9.17, 15) is 13.2 Å². The Morgan fingerprint density at radius 1 is 1.00 bits per heavy atom. The summed E-state index contributed by atoms with van der Waals surface area (Å²) in [6.07, 6.45) is 2.93. The lowest BCUT2D eigenvalue weighted by molar-refractivity contribution is -0.137. The van der Waals surface area contributed by atoms with Crippen LogP contribution in [-0.2, 0) is 6.18 Å². The second-order valence-corrected chi connectivity index (χ2v) is 7.28. The number of allylic oxidation sites excluding steroid dienone is 2. The van der Waals surface area contributed by atoms with Crippen molar-refractivity contribution in [2.45, 2.75) is 26.1 Å². The van der Waals surface area contributed by atoms with Crippen LogP contribution >= 0.6 is 0 Å². The minimum Gasteiger partial charge on any atom is -0.294 e. The first kappa shape index (κ1) is 19.8. The molecule has 0 aliphatic carbocycles. The van der Waals surface area contributed by atoms with Crippen LogP contribution < -0.4 is 10.4 Å². The van der Waals surface area contributed by atoms with Gasteiger partial charge >= 0.3 is 6.18 Å². The van der Waals surface area contributed by atoms with E-state index in [1.807, 2.05) is 61.1 Å². The van der Waals surface area contributed by atoms with Gasteiger partial charge in [0.05, 0.1) is 16.9 Å². The zero-order chi connectivity index (χ0) is 21.3. The maximum atomic E-state index is 13.1. The minimum absolute atomic E-state index is 0.167. The number of anilines is 1. The van der Waals surface area contributed by atoms with E-state index >= 15 is 0 Å². The number of aromatic nitrogens is 2. The fraction of sp³-hybridized carbons (Fsp3) is 0.174. The first-order valence-corrected chi connectivity index (χ1v) is 9.59. The molecule has 2 heterocycles. The average Bonchev–Trinajstić information content (AvgIpc) is 3.20. The summed E-state index contributed by atoms with van der Waals surface area (Å²) >= 11 is 0. The summed E-state index contributed by atoms with van der Waals surface area (Å²) in [6.45, 7) is 4.09. The minimum atomic E-state index is -4.40. The zero-order valence-corrected chi connectivity index (χ0v) is 16.6. The summed E-state index contributed by atoms with van der Waals surface area (Å²) in [6, 6.07) is 15.2. The third-order valence-electron chi connectivity index (χ3n) is 4.79. The molecule has 154 valence electrons. The number of benzene rings is 2. The van der Waals surface area contributed by atoms with Crippen LogP contribution in [0.3, 0.4) is 0 Å². The molecule has 4 rings (SSSR count). The molecule has 1 aliphatic rings. The number of rotatable bonds is 4. The Hall–Kier alpha value is -3.48. The van der Waals surface area contributed by atoms with Gasteiger partial charge in [0, 0.05) is 29.6 Å². The van der Waals surface area contributed by atoms with Gasteiger partial charge in [-0.1, -0.05) is 36.4 Å². The molecule has 30 heavy (non-hydrogen) atoms. The van der Waals surface area contributed by atoms with Gasteiger partial charge in [0.25, 0.3) is 0 Å². The van der Waals surface area contributed by atoms with Gasteiger partial charge < -0.3 is 0 Å². The third kappa shape index (κ3) is 3.96. The van der Waals surface area contributed by atoms with Crippen LogP contribution in [-0.4, -0.2) is 9.78 Å². The van der Waals surface area contributed by atoms with Crippen LogP contribution in [0.2, 0.25) is 0 Å². The SMILES string of the molecule is CC(C)n1cc(C2=CC=CN(c3cccc(C(F)(F)F)c3)N2)c(-c2ccccc2)n1. The fourth-order valence-corrected chi connectivity index (χ4v) is 3.22. The molecule has 0 atom stereocenters. The molecule has 7 heteroatoms. The number of halogens is 3. The molecule has 3 aromatic rings. The van der Waals surface area contributed by atoms with Crippen molar-refractivity contribution in [3.8, 4) is 11.3 Å². The molecule has 0 saturated carbocycles. The summed E-state index contributed by atoms with van der Waals surface area (Å²) in [5.74, 6) is 0. The lowest BCUT2D eigenvalue weighted by atomic mass is 10.1. The molecule has 0 amide bonds. The number of nitrogens with one attached hydrogen (secondary N) is 1. The van der Waals surface area contributed by atoms with Crippen molar-refractivity contribution in [2.75, 3.05) is 5.01 Å². The molecular weight excluding hydrogens is 389 g/mol. The van der Waals surface area contributed by atoms with Crippen molar-refractivity contribution in [2.24, 2.45) is 0 Å². The van der Waals surface area contributed by atoms with Crippen LogP contribution in [0.5, 0.6) is 0 Å². The second-order valence-electron chi connectivity index (χ2n) is 7.28. The highest BCUT2D eigenvalue weighted by molar-refractivity contribution is 5.80. The van der Waals surface area contributed by atoms with Crippen molar-refractivity contribution in [1.29, 1.82) is 0 Å². The number of nitrogens with zero attached hydrogens (tertiary/aromatic N) is 3. The van der Waals surface area contributed by atoms with Gasteiger partial charge in [-0.2, -0.15) is 18.3 Å². The van der Waals surface area contributed by atoms with E-state index in [4.69, 9.17) is 5.10 Å². The van der Waals surface area contributed by atoms with Crippen LogP contribution in [0.4, 0.5) is 18.9 Å². The highest BCUT2D eigenvalue weighted by atomic mass is 19.4. The molecule has 0 saturated heterocycles. The van der Waals surface area contributed by atoms with Crippen molar-refractivity contribution in [3.05, 3.63) is 90.3 Å². The normalized spacial score (nSPS) is 14.1. The van der Waals surface area contributed by atoms with Gasteiger partial charge in [-0.25, -0.2) is 0 Å². The Bertz CT molecular complexity index is 1100. The first-order valence-electron chi connectivity index (χ1n) is 9.59. The van der Waals surface area contributed by atoms with Gasteiger partial charge in [0.1, 0.15) is 5.69 Å². The van der Waals surface area contributed by atoms with Gasteiger partial charge in [-0.15, -0.1) is 0 Å². The van der Waals surface area contributed by atoms with E-state index in [1.54, 1.807) is 23.4 Å². The standard InChI is InChI=1S/C23H21F3N4/c1-16(2)30-15-20(22(28-30)17-8-4-3-5-9-17)21-12-7-13-29(27-21)19-11-6-10-18(14-19)23(24,25)26/h3-16,27H,1-2H3. The van der Waals surface area contributed by atoms with Gasteiger partial charge in [0.2, 0.25) is 0 Å². The molecule has 2 aromatic carbocycles. The lowest BCUT2D eigenvalue weighted by Gasteiger charge is -2.27. The quantitative estimate of drug-likeness (QED) is 0.570. The molecule has 0 spiro atoms. The molecule has 1 aliphatic heterocycles. The van der Waals surface area contributed by atoms with Gasteiger partial charge in [-0.05, 0) is 44.2 Å². The molecule has 0 radical (unpaired) electrons. The van der Waals surface area contributed by atoms with E-state index in [0.29, 0.717) is 5.69 Å². The molecule has 1 N–H and O–H groups in total. The van der Waals surface area contributed by atoms with E-state index < -0.39 is 11.7 Å². The number of alkyl halides is 3. The summed E-state index contributed by atoms with van der Waals surface area (Å²) in [4.78, 5) is 0. The Kier molecular flexibility index (Phi) is 5.11. The van der Waals surface area contributed by atoms with Crippen LogP contribution in [0, 0.1) is 0 Å². The number of hydrogen-bond donors (Lipinski definition) is 1. The lowest BCUT2D eigenvalue weighted by Crippen LogP contribution is -2.33. The van der Waals surface area contributed by atoms with Crippen molar-refractivity contribution in [3.63, 3.8) is 0 Å². The third-order valence-corrected chi connectivity index (χ3v) is 4.79. The zero-order valence-electron chi connectivity index (χ0n) is 16.6. The Morgan fingerprint density at radius 2 is 1.77 bits per heavy atom. The molecule has 0 fully saturated rings. The maximum Gasteiger partial charge on any atom is 0.416 e. The summed E-state index contributed by atoms with van der Waals surface area (Å²) in [5, 5.41) is 6.32. The average molecular weight is 410 g/mol. The summed E-state index contributed by atoms with van der Waals surface area (Å²) in [5.41, 5.74) is 6.31. The van der Waals surface area contributed by atoms with Crippen molar-refractivity contribution in [1.82, 2.24) is 15.2 Å². The predicted octanol–water partition coefficient (Wildman–Crippen LogP) is 6.03. The smallest absolute Gasteiger partial charge is 0.294 e. The first-order chi connectivity index (χ1) is 14.3. The number of hydrogen-bond acceptors (Lipinski definition) is 3. The van der Waals surface area contributed by atoms with E-state index in [1.165, 1.54) is 6.07 Å². The number of hydrazine groups is 1. The summed E-state index contributed by atoms with van der Waals surface area (Å²) in [7, 11) is 0. The highest BCUT2D eigenvalue weighted by Gasteiger charge is 2.31. The van der Waals surface area contributed by atoms with Gasteiger partial charge in [-0.3, -0.25) is 15.1 Å². The summed E-state index contributed by atoms with van der Waals surface area (Å²) < 4.78 is 41.2. The Balaban J connectivity index is 1.70. The molecule has 0 unspecified atom stereocenters. The van der Waals surface area contributed by atoms with Crippen LogP contribution in [0.15, 0.2) is 79.1 Å². The maximum absolute atomic E-state index is 13.1. The van der Waals surface area contributed by atoms with Gasteiger partial charge in [0.15, 0.2) is 0 Å². The largest absolute Gasteiger partial charge is 0.416 e. The highest BCUT2D eigenvalue weighted by Crippen LogP contribution is 2.33. The van der Waals surface area contributed by atoms with E-state index in [2.05, 4.69) is 5.43 Å². The molecule has 0 bridgehead atoms. The van der Waals surface area contributed by atoms with Crippen LogP contribution in [0.1, 0.15) is 31.0 Å². The monoisotopic (exact) mass is 410 g/mol. The molecule has 1 aromatic heterocycles. The molecular formula is C23H21F3N4.